The van der Waals surface area contributed by atoms with E-state index >= 15 is 0 Å². The van der Waals surface area contributed by atoms with Gasteiger partial charge in [-0.1, -0.05) is 6.07 Å². The lowest BCUT2D eigenvalue weighted by Crippen LogP contribution is -2.48. The van der Waals surface area contributed by atoms with Crippen LogP contribution in [0.1, 0.15) is 37.8 Å². The van der Waals surface area contributed by atoms with Crippen LogP contribution in [0.15, 0.2) is 42.9 Å². The Kier molecular flexibility index (Phi) is 6.22. The van der Waals surface area contributed by atoms with Gasteiger partial charge in [-0.15, -0.1) is 0 Å². The third kappa shape index (κ3) is 5.02. The zero-order chi connectivity index (χ0) is 20.1. The molecule has 0 unspecified atom stereocenters. The van der Waals surface area contributed by atoms with E-state index in [0.717, 1.165) is 44.6 Å². The fourth-order valence-electron chi connectivity index (χ4n) is 4.40. The van der Waals surface area contributed by atoms with E-state index in [1.165, 1.54) is 0 Å². The topological polar surface area (TPSA) is 71.3 Å². The molecule has 0 aliphatic carbocycles. The number of likely N-dealkylation sites (tertiary alicyclic amines) is 2. The Morgan fingerprint density at radius 2 is 1.97 bits per heavy atom. The van der Waals surface area contributed by atoms with Crippen molar-refractivity contribution in [2.45, 2.75) is 45.2 Å². The van der Waals surface area contributed by atoms with Crippen LogP contribution in [0.4, 0.5) is 0 Å². The molecule has 4 heterocycles. The first-order valence-electron chi connectivity index (χ1n) is 10.6. The van der Waals surface area contributed by atoms with Gasteiger partial charge in [0.1, 0.15) is 0 Å². The van der Waals surface area contributed by atoms with Crippen LogP contribution in [0.2, 0.25) is 0 Å². The number of carbonyl (C=O) groups is 2. The van der Waals surface area contributed by atoms with Gasteiger partial charge in [-0.2, -0.15) is 5.10 Å². The number of piperidine rings is 2. The first-order valence-corrected chi connectivity index (χ1v) is 10.6. The highest BCUT2D eigenvalue weighted by molar-refractivity contribution is 5.84. The van der Waals surface area contributed by atoms with Crippen molar-refractivity contribution in [2.75, 3.05) is 19.6 Å². The van der Waals surface area contributed by atoms with Gasteiger partial charge in [0.15, 0.2) is 0 Å². The van der Waals surface area contributed by atoms with Crippen LogP contribution in [0.5, 0.6) is 0 Å². The maximum atomic E-state index is 13.1. The molecule has 7 nitrogen and oxygen atoms in total. The average molecular weight is 396 g/mol. The highest BCUT2D eigenvalue weighted by Crippen LogP contribution is 2.26. The van der Waals surface area contributed by atoms with E-state index in [2.05, 4.69) is 10.1 Å². The molecular formula is C22H29N5O2. The molecule has 0 bridgehead atoms. The zero-order valence-electron chi connectivity index (χ0n) is 16.8. The lowest BCUT2D eigenvalue weighted by atomic mass is 9.91. The van der Waals surface area contributed by atoms with Crippen molar-refractivity contribution in [3.05, 3.63) is 48.5 Å². The van der Waals surface area contributed by atoms with E-state index in [0.29, 0.717) is 31.8 Å². The predicted molar refractivity (Wildman–Crippen MR) is 109 cm³/mol. The van der Waals surface area contributed by atoms with Crippen molar-refractivity contribution in [3.8, 4) is 0 Å². The molecule has 2 amide bonds. The number of aryl methyl sites for hydroxylation is 1. The van der Waals surface area contributed by atoms with Crippen LogP contribution in [0, 0.1) is 11.8 Å². The number of hydrogen-bond acceptors (Lipinski definition) is 4. The van der Waals surface area contributed by atoms with E-state index in [4.69, 9.17) is 0 Å². The minimum Gasteiger partial charge on any atom is -0.342 e. The Balaban J connectivity index is 1.26. The molecule has 0 aromatic carbocycles. The minimum atomic E-state index is -0.0861. The van der Waals surface area contributed by atoms with E-state index in [1.807, 2.05) is 46.2 Å². The van der Waals surface area contributed by atoms with Crippen LogP contribution in [0.3, 0.4) is 0 Å². The first kappa shape index (κ1) is 19.6. The second-order valence-electron chi connectivity index (χ2n) is 8.16. The Hall–Kier alpha value is -2.70. The molecule has 4 rings (SSSR count). The molecule has 0 saturated carbocycles. The number of aromatic nitrogens is 3. The summed E-state index contributed by atoms with van der Waals surface area (Å²) in [7, 11) is 0. The van der Waals surface area contributed by atoms with E-state index in [1.54, 1.807) is 11.1 Å². The first-order chi connectivity index (χ1) is 14.2. The number of amides is 2. The van der Waals surface area contributed by atoms with Crippen molar-refractivity contribution < 1.29 is 9.59 Å². The molecule has 1 atom stereocenters. The summed E-state index contributed by atoms with van der Waals surface area (Å²) in [6.45, 7) is 3.59. The molecule has 0 spiro atoms. The van der Waals surface area contributed by atoms with Gasteiger partial charge >= 0.3 is 0 Å². The maximum Gasteiger partial charge on any atom is 0.227 e. The van der Waals surface area contributed by atoms with Gasteiger partial charge in [0.05, 0.1) is 18.2 Å². The number of rotatable bonds is 6. The van der Waals surface area contributed by atoms with Crippen molar-refractivity contribution in [2.24, 2.45) is 11.8 Å². The third-order valence-corrected chi connectivity index (χ3v) is 6.18. The summed E-state index contributed by atoms with van der Waals surface area (Å²) in [4.78, 5) is 33.5. The molecule has 2 aromatic heterocycles. The van der Waals surface area contributed by atoms with Gasteiger partial charge in [0.25, 0.3) is 0 Å². The highest BCUT2D eigenvalue weighted by Gasteiger charge is 2.34. The summed E-state index contributed by atoms with van der Waals surface area (Å²) in [5, 5.41) is 4.26. The Labute approximate surface area is 171 Å². The fourth-order valence-corrected chi connectivity index (χ4v) is 4.40. The lowest BCUT2D eigenvalue weighted by Gasteiger charge is -2.37. The van der Waals surface area contributed by atoms with Crippen molar-refractivity contribution in [1.82, 2.24) is 24.6 Å². The van der Waals surface area contributed by atoms with Gasteiger partial charge in [0, 0.05) is 51.2 Å². The maximum absolute atomic E-state index is 13.1. The van der Waals surface area contributed by atoms with Gasteiger partial charge in [-0.05, 0) is 49.8 Å². The van der Waals surface area contributed by atoms with Crippen molar-refractivity contribution in [3.63, 3.8) is 0 Å². The molecule has 0 N–H and O–H groups in total. The number of carbonyl (C=O) groups excluding carboxylic acids is 2. The monoisotopic (exact) mass is 395 g/mol. The molecule has 2 fully saturated rings. The summed E-state index contributed by atoms with van der Waals surface area (Å²) in [5.41, 5.74) is 0.868. The normalized spacial score (nSPS) is 20.8. The van der Waals surface area contributed by atoms with Crippen LogP contribution >= 0.6 is 0 Å². The molecule has 7 heteroatoms. The fraction of sp³-hybridized carbons (Fsp3) is 0.545. The molecule has 2 saturated heterocycles. The van der Waals surface area contributed by atoms with Gasteiger partial charge in [-0.25, -0.2) is 0 Å². The van der Waals surface area contributed by atoms with Gasteiger partial charge in [-0.3, -0.25) is 19.3 Å². The lowest BCUT2D eigenvalue weighted by molar-refractivity contribution is -0.144. The minimum absolute atomic E-state index is 0.0861. The molecular weight excluding hydrogens is 366 g/mol. The molecule has 2 aromatic rings. The van der Waals surface area contributed by atoms with Gasteiger partial charge in [0.2, 0.25) is 11.8 Å². The number of hydrogen-bond donors (Lipinski definition) is 0. The second-order valence-corrected chi connectivity index (χ2v) is 8.16. The van der Waals surface area contributed by atoms with Crippen LogP contribution < -0.4 is 0 Å². The van der Waals surface area contributed by atoms with Gasteiger partial charge < -0.3 is 9.80 Å². The van der Waals surface area contributed by atoms with Crippen LogP contribution in [-0.4, -0.2) is 56.0 Å². The second kappa shape index (κ2) is 9.20. The third-order valence-electron chi connectivity index (χ3n) is 6.18. The van der Waals surface area contributed by atoms with Crippen LogP contribution in [0.25, 0.3) is 0 Å². The molecule has 0 radical (unpaired) electrons. The smallest absolute Gasteiger partial charge is 0.227 e. The van der Waals surface area contributed by atoms with E-state index in [9.17, 15) is 9.59 Å². The van der Waals surface area contributed by atoms with E-state index in [-0.39, 0.29) is 17.7 Å². The average Bonchev–Trinajstić information content (AvgIpc) is 3.28. The Bertz CT molecular complexity index is 800. The van der Waals surface area contributed by atoms with Crippen LogP contribution in [-0.2, 0) is 22.7 Å². The molecule has 2 aliphatic rings. The van der Waals surface area contributed by atoms with Crippen molar-refractivity contribution in [1.29, 1.82) is 0 Å². The molecule has 154 valence electrons. The summed E-state index contributed by atoms with van der Waals surface area (Å²) in [6, 6.07) is 7.67. The van der Waals surface area contributed by atoms with E-state index < -0.39 is 0 Å². The zero-order valence-corrected chi connectivity index (χ0v) is 16.8. The highest BCUT2D eigenvalue weighted by atomic mass is 16.2. The molecule has 29 heavy (non-hydrogen) atoms. The number of nitrogens with zero attached hydrogens (tertiary/aromatic N) is 5. The number of pyridine rings is 1. The summed E-state index contributed by atoms with van der Waals surface area (Å²) >= 11 is 0. The summed E-state index contributed by atoms with van der Waals surface area (Å²) < 4.78 is 1.98. The standard InChI is InChI=1S/C22H29N5O2/c28-21-6-5-19(16-26(21)17-20-4-1-2-10-23-20)22(29)25-13-7-18(8-14-25)9-15-27-12-3-11-24-27/h1-4,10-12,18-19H,5-9,13-17H2/t19-/m0/s1. The molecule has 2 aliphatic heterocycles. The Morgan fingerprint density at radius 3 is 2.69 bits per heavy atom. The Morgan fingerprint density at radius 1 is 1.10 bits per heavy atom. The SMILES string of the molecule is O=C1CC[C@H](C(=O)N2CCC(CCn3cccn3)CC2)CN1Cc1ccccn1. The quantitative estimate of drug-likeness (QED) is 0.753. The summed E-state index contributed by atoms with van der Waals surface area (Å²) in [5.74, 6) is 0.903. The largest absolute Gasteiger partial charge is 0.342 e. The summed E-state index contributed by atoms with van der Waals surface area (Å²) in [6.07, 6.45) is 9.88. The van der Waals surface area contributed by atoms with Crippen molar-refractivity contribution >= 4 is 11.8 Å². The predicted octanol–water partition coefficient (Wildman–Crippen LogP) is 2.35.